The van der Waals surface area contributed by atoms with Crippen LogP contribution >= 0.6 is 11.6 Å². The van der Waals surface area contributed by atoms with Crippen molar-refractivity contribution in [3.63, 3.8) is 0 Å². The highest BCUT2D eigenvalue weighted by atomic mass is 35.5. The minimum atomic E-state index is -4.57. The van der Waals surface area contributed by atoms with Crippen molar-refractivity contribution < 1.29 is 27.4 Å². The maximum Gasteiger partial charge on any atom is 0.417 e. The number of benzene rings is 2. The van der Waals surface area contributed by atoms with Gasteiger partial charge in [-0.3, -0.25) is 4.79 Å². The highest BCUT2D eigenvalue weighted by Crippen LogP contribution is 2.36. The molecule has 27 heavy (non-hydrogen) atoms. The van der Waals surface area contributed by atoms with Crippen molar-refractivity contribution in [2.75, 3.05) is 26.1 Å². The maximum absolute atomic E-state index is 12.8. The number of methoxy groups -OCH3 is 2. The third kappa shape index (κ3) is 5.68. The molecule has 0 aliphatic heterocycles. The Morgan fingerprint density at radius 3 is 2.41 bits per heavy atom. The summed E-state index contributed by atoms with van der Waals surface area (Å²) in [5, 5.41) is 4.92. The average Bonchev–Trinajstić information content (AvgIpc) is 2.64. The number of alkyl halides is 3. The fraction of sp³-hybridized carbons (Fsp3) is 0.278. The van der Waals surface area contributed by atoms with E-state index in [4.69, 9.17) is 21.1 Å². The second-order valence-corrected chi connectivity index (χ2v) is 5.92. The van der Waals surface area contributed by atoms with Gasteiger partial charge < -0.3 is 20.1 Å². The van der Waals surface area contributed by atoms with Gasteiger partial charge in [0.1, 0.15) is 0 Å². The quantitative estimate of drug-likeness (QED) is 0.732. The zero-order chi connectivity index (χ0) is 20.0. The lowest BCUT2D eigenvalue weighted by Gasteiger charge is -2.13. The number of halogens is 4. The summed E-state index contributed by atoms with van der Waals surface area (Å²) in [6, 6.07) is 8.58. The number of carbonyl (C=O) groups is 1. The Kier molecular flexibility index (Phi) is 6.79. The summed E-state index contributed by atoms with van der Waals surface area (Å²) in [5.74, 6) is 0.717. The van der Waals surface area contributed by atoms with Crippen LogP contribution < -0.4 is 20.1 Å². The molecule has 0 unspecified atom stereocenters. The molecule has 0 heterocycles. The van der Waals surface area contributed by atoms with Gasteiger partial charge in [-0.05, 0) is 35.9 Å². The normalized spacial score (nSPS) is 11.0. The summed E-state index contributed by atoms with van der Waals surface area (Å²) < 4.78 is 48.8. The van der Waals surface area contributed by atoms with E-state index in [-0.39, 0.29) is 24.7 Å². The molecule has 2 aromatic carbocycles. The van der Waals surface area contributed by atoms with Crippen molar-refractivity contribution >= 4 is 23.2 Å². The van der Waals surface area contributed by atoms with Crippen molar-refractivity contribution in [2.45, 2.75) is 12.7 Å². The summed E-state index contributed by atoms with van der Waals surface area (Å²) in [5.41, 5.74) is -0.0280. The third-order valence-corrected chi connectivity index (χ3v) is 3.99. The lowest BCUT2D eigenvalue weighted by atomic mass is 10.2. The van der Waals surface area contributed by atoms with Crippen LogP contribution in [-0.4, -0.2) is 26.7 Å². The molecule has 0 spiro atoms. The van der Waals surface area contributed by atoms with E-state index in [0.717, 1.165) is 17.7 Å². The van der Waals surface area contributed by atoms with Crippen LogP contribution in [0.2, 0.25) is 5.02 Å². The lowest BCUT2D eigenvalue weighted by Crippen LogP contribution is -2.29. The minimum absolute atomic E-state index is 0.146. The molecule has 0 aliphatic carbocycles. The van der Waals surface area contributed by atoms with E-state index >= 15 is 0 Å². The predicted octanol–water partition coefficient (Wildman–Crippen LogP) is 4.10. The van der Waals surface area contributed by atoms with Crippen molar-refractivity contribution in [3.05, 3.63) is 52.5 Å². The summed E-state index contributed by atoms with van der Waals surface area (Å²) in [6.45, 7) is 0.0432. The number of rotatable bonds is 7. The number of carbonyl (C=O) groups excluding carboxylic acids is 1. The molecular weight excluding hydrogens is 385 g/mol. The van der Waals surface area contributed by atoms with Crippen LogP contribution in [0, 0.1) is 0 Å². The SMILES string of the molecule is COc1ccc(CNC(=O)CNc2ccc(Cl)c(C(F)(F)F)c2)cc1OC. The molecule has 9 heteroatoms. The zero-order valence-corrected chi connectivity index (χ0v) is 15.4. The number of amides is 1. The average molecular weight is 403 g/mol. The van der Waals surface area contributed by atoms with Gasteiger partial charge in [0.2, 0.25) is 5.91 Å². The molecule has 0 saturated carbocycles. The molecule has 0 aromatic heterocycles. The van der Waals surface area contributed by atoms with Crippen molar-refractivity contribution in [1.29, 1.82) is 0 Å². The molecule has 5 nitrogen and oxygen atoms in total. The second kappa shape index (κ2) is 8.85. The number of nitrogens with one attached hydrogen (secondary N) is 2. The Hall–Kier alpha value is -2.61. The molecule has 0 bridgehead atoms. The van der Waals surface area contributed by atoms with Crippen LogP contribution in [0.25, 0.3) is 0 Å². The van der Waals surface area contributed by atoms with Gasteiger partial charge in [0, 0.05) is 12.2 Å². The molecule has 2 aromatic rings. The molecule has 146 valence electrons. The first-order valence-electron chi connectivity index (χ1n) is 7.83. The second-order valence-electron chi connectivity index (χ2n) is 5.51. The Balaban J connectivity index is 1.92. The monoisotopic (exact) mass is 402 g/mol. The van der Waals surface area contributed by atoms with Crippen LogP contribution in [0.3, 0.4) is 0 Å². The molecule has 0 saturated heterocycles. The van der Waals surface area contributed by atoms with E-state index in [1.54, 1.807) is 18.2 Å². The fourth-order valence-corrected chi connectivity index (χ4v) is 2.51. The largest absolute Gasteiger partial charge is 0.493 e. The number of hydrogen-bond acceptors (Lipinski definition) is 4. The van der Waals surface area contributed by atoms with Crippen molar-refractivity contribution in [2.24, 2.45) is 0 Å². The van der Waals surface area contributed by atoms with Gasteiger partial charge >= 0.3 is 6.18 Å². The van der Waals surface area contributed by atoms with Crippen LogP contribution in [-0.2, 0) is 17.5 Å². The van der Waals surface area contributed by atoms with Gasteiger partial charge in [-0.1, -0.05) is 17.7 Å². The number of anilines is 1. The molecule has 0 fully saturated rings. The molecule has 0 radical (unpaired) electrons. The summed E-state index contributed by atoms with van der Waals surface area (Å²) in [6.07, 6.45) is -4.57. The summed E-state index contributed by atoms with van der Waals surface area (Å²) in [4.78, 5) is 11.9. The van der Waals surface area contributed by atoms with Crippen LogP contribution in [0.15, 0.2) is 36.4 Å². The lowest BCUT2D eigenvalue weighted by molar-refractivity contribution is -0.137. The van der Waals surface area contributed by atoms with Gasteiger partial charge in [-0.2, -0.15) is 13.2 Å². The van der Waals surface area contributed by atoms with E-state index in [2.05, 4.69) is 10.6 Å². The van der Waals surface area contributed by atoms with E-state index in [1.165, 1.54) is 20.3 Å². The molecule has 0 aliphatic rings. The van der Waals surface area contributed by atoms with Crippen molar-refractivity contribution in [1.82, 2.24) is 5.32 Å². The maximum atomic E-state index is 12.8. The predicted molar refractivity (Wildman–Crippen MR) is 96.3 cm³/mol. The first-order chi connectivity index (χ1) is 12.7. The summed E-state index contributed by atoms with van der Waals surface area (Å²) >= 11 is 5.56. The highest BCUT2D eigenvalue weighted by molar-refractivity contribution is 6.31. The van der Waals surface area contributed by atoms with Crippen LogP contribution in [0.1, 0.15) is 11.1 Å². The fourth-order valence-electron chi connectivity index (χ4n) is 2.29. The minimum Gasteiger partial charge on any atom is -0.493 e. The van der Waals surface area contributed by atoms with Crippen LogP contribution in [0.4, 0.5) is 18.9 Å². The Bertz CT molecular complexity index is 813. The van der Waals surface area contributed by atoms with Crippen molar-refractivity contribution in [3.8, 4) is 11.5 Å². The van der Waals surface area contributed by atoms with Gasteiger partial charge in [0.05, 0.1) is 31.4 Å². The van der Waals surface area contributed by atoms with Gasteiger partial charge in [-0.15, -0.1) is 0 Å². The summed E-state index contributed by atoms with van der Waals surface area (Å²) in [7, 11) is 3.03. The van der Waals surface area contributed by atoms with Gasteiger partial charge in [0.15, 0.2) is 11.5 Å². The Morgan fingerprint density at radius 1 is 1.07 bits per heavy atom. The van der Waals surface area contributed by atoms with E-state index in [1.807, 2.05) is 0 Å². The molecular formula is C18H18ClF3N2O3. The number of hydrogen-bond donors (Lipinski definition) is 2. The smallest absolute Gasteiger partial charge is 0.417 e. The number of ether oxygens (including phenoxy) is 2. The van der Waals surface area contributed by atoms with E-state index in [0.29, 0.717) is 11.5 Å². The van der Waals surface area contributed by atoms with E-state index < -0.39 is 16.8 Å². The molecule has 0 atom stereocenters. The van der Waals surface area contributed by atoms with Crippen LogP contribution in [0.5, 0.6) is 11.5 Å². The topological polar surface area (TPSA) is 59.6 Å². The standard InChI is InChI=1S/C18H18ClF3N2O3/c1-26-15-6-3-11(7-16(15)27-2)9-24-17(25)10-23-12-4-5-14(19)13(8-12)18(20,21)22/h3-8,23H,9-10H2,1-2H3,(H,24,25). The Labute approximate surface area is 159 Å². The molecule has 2 rings (SSSR count). The van der Waals surface area contributed by atoms with Gasteiger partial charge in [0.25, 0.3) is 0 Å². The molecule has 1 amide bonds. The highest BCUT2D eigenvalue weighted by Gasteiger charge is 2.33. The van der Waals surface area contributed by atoms with Gasteiger partial charge in [-0.25, -0.2) is 0 Å². The van der Waals surface area contributed by atoms with E-state index in [9.17, 15) is 18.0 Å². The zero-order valence-electron chi connectivity index (χ0n) is 14.6. The third-order valence-electron chi connectivity index (χ3n) is 3.66. The Morgan fingerprint density at radius 2 is 1.78 bits per heavy atom. The first kappa shape index (κ1) is 20.7. The first-order valence-corrected chi connectivity index (χ1v) is 8.20. The molecule has 2 N–H and O–H groups in total.